The van der Waals surface area contributed by atoms with Crippen LogP contribution in [0.2, 0.25) is 0 Å². The molecule has 0 saturated heterocycles. The van der Waals surface area contributed by atoms with Crippen LogP contribution in [0.1, 0.15) is 156 Å². The Hall–Kier alpha value is -6.72. The van der Waals surface area contributed by atoms with Crippen LogP contribution in [-0.4, -0.2) is 114 Å². The standard InChI is InChI=1S/C63H72O18/c1-5-56(66)76-24-31-8-43-35-16-41(48(18-35)50(43)11-31)29-81-63(73)53-17-34(6-7-42(53)61(71)79-27-39-14-36-19-46(39)51-12-32(9-44(36)51)25-77-57(67)30(2)65)58(68)78-26-33-10-45-37-15-40(47(20-37)52(45)13-33)28-80-62(72)49-22-55(60(70)75-4)54(59(69)74-3)21-38(49)23-64/h5-7,17,21-23,31-33,35-37,39-41,43-48,50-52H,1,8-16,18-20,24-29H2,2-4H3. The molecule has 18 atom stereocenters. The summed E-state index contributed by atoms with van der Waals surface area (Å²) in [7, 11) is 2.26. The van der Waals surface area contributed by atoms with E-state index in [1.807, 2.05) is 0 Å². The molecule has 0 heterocycles. The lowest BCUT2D eigenvalue weighted by Gasteiger charge is -2.31. The van der Waals surface area contributed by atoms with Crippen LogP contribution in [0.3, 0.4) is 0 Å². The highest BCUT2D eigenvalue weighted by Crippen LogP contribution is 2.64. The third-order valence-corrected chi connectivity index (χ3v) is 21.3. The van der Waals surface area contributed by atoms with Crippen LogP contribution in [0.4, 0.5) is 0 Å². The van der Waals surface area contributed by atoms with Gasteiger partial charge in [-0.1, -0.05) is 6.58 Å². The van der Waals surface area contributed by atoms with Crippen LogP contribution in [0, 0.1) is 107 Å². The lowest BCUT2D eigenvalue weighted by molar-refractivity contribution is -0.154. The molecule has 18 heteroatoms. The van der Waals surface area contributed by atoms with E-state index in [0.29, 0.717) is 78.0 Å². The molecular formula is C63H72O18. The summed E-state index contributed by atoms with van der Waals surface area (Å²) >= 11 is 0. The third-order valence-electron chi connectivity index (χ3n) is 21.3. The minimum absolute atomic E-state index is 0.0115. The Labute approximate surface area is 470 Å². The van der Waals surface area contributed by atoms with E-state index in [4.69, 9.17) is 37.9 Å². The molecule has 0 aliphatic heterocycles. The largest absolute Gasteiger partial charge is 0.465 e. The molecule has 9 aliphatic carbocycles. The summed E-state index contributed by atoms with van der Waals surface area (Å²) in [6.07, 6.45) is 12.9. The number of hydrogen-bond donors (Lipinski definition) is 0. The molecule has 2 aromatic rings. The Morgan fingerprint density at radius 3 is 1.30 bits per heavy atom. The molecule has 432 valence electrons. The van der Waals surface area contributed by atoms with Gasteiger partial charge in [0.2, 0.25) is 5.78 Å². The number of rotatable bonds is 21. The van der Waals surface area contributed by atoms with Crippen LogP contribution >= 0.6 is 0 Å². The molecule has 18 nitrogen and oxygen atoms in total. The van der Waals surface area contributed by atoms with Gasteiger partial charge in [0.05, 0.1) is 87.2 Å². The van der Waals surface area contributed by atoms with E-state index in [1.165, 1.54) is 31.2 Å². The summed E-state index contributed by atoms with van der Waals surface area (Å²) in [4.78, 5) is 128. The predicted octanol–water partition coefficient (Wildman–Crippen LogP) is 8.16. The predicted molar refractivity (Wildman–Crippen MR) is 283 cm³/mol. The van der Waals surface area contributed by atoms with Crippen molar-refractivity contribution in [2.75, 3.05) is 53.9 Å². The average Bonchev–Trinajstić information content (AvgIpc) is 3.84. The van der Waals surface area contributed by atoms with E-state index in [9.17, 15) is 47.9 Å². The van der Waals surface area contributed by atoms with Crippen LogP contribution < -0.4 is 0 Å². The number of benzene rings is 2. The highest BCUT2D eigenvalue weighted by molar-refractivity contribution is 6.32. The minimum Gasteiger partial charge on any atom is -0.465 e. The molecule has 2 aromatic carbocycles. The van der Waals surface area contributed by atoms with Gasteiger partial charge in [0, 0.05) is 18.6 Å². The summed E-state index contributed by atoms with van der Waals surface area (Å²) in [6, 6.07) is 6.58. The molecule has 9 saturated carbocycles. The lowest BCUT2D eigenvalue weighted by Crippen LogP contribution is -2.29. The summed E-state index contributed by atoms with van der Waals surface area (Å²) < 4.78 is 44.2. The van der Waals surface area contributed by atoms with Gasteiger partial charge in [-0.05, 0) is 214 Å². The monoisotopic (exact) mass is 1120 g/mol. The maximum Gasteiger partial charge on any atom is 0.374 e. The summed E-state index contributed by atoms with van der Waals surface area (Å²) in [5.74, 6) is -0.462. The second-order valence-electron chi connectivity index (χ2n) is 25.2. The zero-order valence-corrected chi connectivity index (χ0v) is 46.2. The first-order valence-corrected chi connectivity index (χ1v) is 29.1. The van der Waals surface area contributed by atoms with Crippen LogP contribution in [0.25, 0.3) is 0 Å². The van der Waals surface area contributed by atoms with E-state index >= 15 is 0 Å². The van der Waals surface area contributed by atoms with Gasteiger partial charge in [-0.3, -0.25) is 9.59 Å². The molecule has 0 amide bonds. The fourth-order valence-electron chi connectivity index (χ4n) is 18.0. The van der Waals surface area contributed by atoms with Crippen molar-refractivity contribution in [2.45, 2.75) is 84.0 Å². The molecule has 6 bridgehead atoms. The summed E-state index contributed by atoms with van der Waals surface area (Å²) in [6.45, 7) is 5.93. The normalized spacial score (nSPS) is 33.9. The van der Waals surface area contributed by atoms with Crippen molar-refractivity contribution < 1.29 is 85.8 Å². The first-order chi connectivity index (χ1) is 39.0. The van der Waals surface area contributed by atoms with E-state index in [1.54, 1.807) is 0 Å². The second-order valence-corrected chi connectivity index (χ2v) is 25.2. The van der Waals surface area contributed by atoms with E-state index in [-0.39, 0.29) is 113 Å². The zero-order chi connectivity index (χ0) is 57.0. The highest BCUT2D eigenvalue weighted by Gasteiger charge is 2.59. The van der Waals surface area contributed by atoms with Crippen molar-refractivity contribution in [1.82, 2.24) is 0 Å². The molecule has 0 N–H and O–H groups in total. The smallest absolute Gasteiger partial charge is 0.374 e. The maximum absolute atomic E-state index is 14.3. The number of aldehydes is 1. The Kier molecular flexibility index (Phi) is 16.1. The van der Waals surface area contributed by atoms with Crippen LogP contribution in [0.5, 0.6) is 0 Å². The fourth-order valence-corrected chi connectivity index (χ4v) is 18.0. The van der Waals surface area contributed by atoms with Gasteiger partial charge >= 0.3 is 47.8 Å². The highest BCUT2D eigenvalue weighted by atomic mass is 16.6. The molecule has 0 aromatic heterocycles. The van der Waals surface area contributed by atoms with E-state index in [0.717, 1.165) is 103 Å². The van der Waals surface area contributed by atoms with Gasteiger partial charge in [-0.25, -0.2) is 38.4 Å². The quantitative estimate of drug-likeness (QED) is 0.0376. The molecule has 0 radical (unpaired) electrons. The molecule has 0 spiro atoms. The number of Topliss-reactive ketones (excluding diaryl/α,β-unsaturated/α-hetero) is 1. The van der Waals surface area contributed by atoms with Gasteiger partial charge in [0.1, 0.15) is 0 Å². The second kappa shape index (κ2) is 23.3. The Morgan fingerprint density at radius 1 is 0.432 bits per heavy atom. The SMILES string of the molecule is C=CC(=O)OCC1CC2C3CC(COC(=O)c4cc(C(=O)OCC5CC6C7CC(COC(=O)c8cc(C(=O)OC)c(C(=O)OC)cc8C=O)C(C7)C6C5)ccc4C(=O)OCC4CC5CC4C4CC(COC(=O)C(C)=O)CC54)C(C3)C2C1. The van der Waals surface area contributed by atoms with E-state index in [2.05, 4.69) is 6.58 Å². The average molecular weight is 1120 g/mol. The van der Waals surface area contributed by atoms with Crippen LogP contribution in [-0.2, 0) is 52.3 Å². The first-order valence-electron chi connectivity index (χ1n) is 29.1. The molecule has 9 fully saturated rings. The molecule has 11 rings (SSSR count). The third kappa shape index (κ3) is 11.0. The van der Waals surface area contributed by atoms with Gasteiger partial charge < -0.3 is 37.9 Å². The molecule has 81 heavy (non-hydrogen) atoms. The Morgan fingerprint density at radius 2 is 0.840 bits per heavy atom. The summed E-state index contributed by atoms with van der Waals surface area (Å²) in [5, 5.41) is 0. The lowest BCUT2D eigenvalue weighted by atomic mass is 9.76. The topological polar surface area (TPSA) is 245 Å². The number of esters is 8. The van der Waals surface area contributed by atoms with Gasteiger partial charge in [-0.2, -0.15) is 0 Å². The maximum atomic E-state index is 14.3. The molecule has 18 unspecified atom stereocenters. The van der Waals surface area contributed by atoms with Crippen LogP contribution in [0.15, 0.2) is 43.0 Å². The van der Waals surface area contributed by atoms with Crippen molar-refractivity contribution in [3.8, 4) is 0 Å². The number of fused-ring (bicyclic) bond motifs is 15. The number of methoxy groups -OCH3 is 2. The Bertz CT molecular complexity index is 2910. The number of carbonyl (C=O) groups excluding carboxylic acids is 10. The van der Waals surface area contributed by atoms with Gasteiger partial charge in [-0.15, -0.1) is 0 Å². The first kappa shape index (κ1) is 56.2. The van der Waals surface area contributed by atoms with Crippen molar-refractivity contribution >= 4 is 59.8 Å². The number of ketones is 1. The van der Waals surface area contributed by atoms with Crippen molar-refractivity contribution in [3.05, 3.63) is 81.9 Å². The van der Waals surface area contributed by atoms with Crippen molar-refractivity contribution in [3.63, 3.8) is 0 Å². The van der Waals surface area contributed by atoms with Gasteiger partial charge in [0.15, 0.2) is 6.29 Å². The van der Waals surface area contributed by atoms with Crippen molar-refractivity contribution in [2.24, 2.45) is 107 Å². The number of ether oxygens (including phenoxy) is 8. The minimum atomic E-state index is -0.882. The zero-order valence-electron chi connectivity index (χ0n) is 46.2. The molecular weight excluding hydrogens is 1040 g/mol. The number of hydrogen-bond acceptors (Lipinski definition) is 18. The fraction of sp³-hybridized carbons (Fsp3) is 0.619. The Balaban J connectivity index is 0.716. The van der Waals surface area contributed by atoms with Crippen molar-refractivity contribution in [1.29, 1.82) is 0 Å². The summed E-state index contributed by atoms with van der Waals surface area (Å²) in [5.41, 5.74) is -0.681. The van der Waals surface area contributed by atoms with E-state index < -0.39 is 53.5 Å². The number of carbonyl (C=O) groups is 10. The van der Waals surface area contributed by atoms with Gasteiger partial charge in [0.25, 0.3) is 0 Å². The molecule has 9 aliphatic rings.